The zero-order valence-electron chi connectivity index (χ0n) is 12.5. The quantitative estimate of drug-likeness (QED) is 0.548. The van der Waals surface area contributed by atoms with Crippen LogP contribution >= 0.6 is 0 Å². The number of anilines is 1. The van der Waals surface area contributed by atoms with Crippen LogP contribution in [0.2, 0.25) is 0 Å². The zero-order chi connectivity index (χ0) is 17.6. The SMILES string of the molecule is O=[N+]([O-])c1ccc(F)c(C2=Nc3ccccc3-c3[nH]ncc3N2)c1F. The lowest BCUT2D eigenvalue weighted by molar-refractivity contribution is -0.387. The van der Waals surface area contributed by atoms with Crippen LogP contribution in [-0.4, -0.2) is 21.0 Å². The van der Waals surface area contributed by atoms with Gasteiger partial charge in [-0.3, -0.25) is 15.2 Å². The molecule has 0 saturated carbocycles. The van der Waals surface area contributed by atoms with Crippen molar-refractivity contribution in [2.24, 2.45) is 4.99 Å². The Hall–Kier alpha value is -3.62. The second-order valence-electron chi connectivity index (χ2n) is 5.27. The molecule has 0 bridgehead atoms. The molecule has 1 aliphatic rings. The van der Waals surface area contributed by atoms with Gasteiger partial charge in [-0.05, 0) is 12.1 Å². The number of H-pyrrole nitrogens is 1. The first-order chi connectivity index (χ1) is 12.1. The summed E-state index contributed by atoms with van der Waals surface area (Å²) in [5, 5.41) is 20.5. The molecule has 0 saturated heterocycles. The third kappa shape index (κ3) is 2.33. The van der Waals surface area contributed by atoms with Crippen LogP contribution in [0.3, 0.4) is 0 Å². The molecule has 25 heavy (non-hydrogen) atoms. The molecule has 2 aromatic carbocycles. The van der Waals surface area contributed by atoms with Gasteiger partial charge in [0.25, 0.3) is 0 Å². The first-order valence-electron chi connectivity index (χ1n) is 7.17. The number of aliphatic imine (C=N–C) groups is 1. The van der Waals surface area contributed by atoms with Crippen molar-refractivity contribution < 1.29 is 13.7 Å². The molecule has 1 aliphatic heterocycles. The number of nitro benzene ring substituents is 1. The minimum absolute atomic E-state index is 0.175. The summed E-state index contributed by atoms with van der Waals surface area (Å²) < 4.78 is 28.8. The summed E-state index contributed by atoms with van der Waals surface area (Å²) in [7, 11) is 0. The number of nitrogens with one attached hydrogen (secondary N) is 2. The molecular formula is C16H9F2N5O2. The number of fused-ring (bicyclic) bond motifs is 3. The average Bonchev–Trinajstić information content (AvgIpc) is 2.97. The maximum absolute atomic E-state index is 14.6. The van der Waals surface area contributed by atoms with E-state index in [2.05, 4.69) is 20.5 Å². The lowest BCUT2D eigenvalue weighted by Gasteiger charge is -2.09. The average molecular weight is 341 g/mol. The van der Waals surface area contributed by atoms with Gasteiger partial charge < -0.3 is 5.32 Å². The molecule has 0 radical (unpaired) electrons. The molecule has 7 nitrogen and oxygen atoms in total. The van der Waals surface area contributed by atoms with E-state index in [1.54, 1.807) is 24.3 Å². The fourth-order valence-electron chi connectivity index (χ4n) is 2.66. The smallest absolute Gasteiger partial charge is 0.305 e. The number of benzene rings is 2. The van der Waals surface area contributed by atoms with Crippen LogP contribution in [0.1, 0.15) is 5.56 Å². The van der Waals surface area contributed by atoms with Gasteiger partial charge in [0.05, 0.1) is 33.8 Å². The number of aromatic nitrogens is 2. The number of amidine groups is 1. The number of hydrogen-bond acceptors (Lipinski definition) is 5. The van der Waals surface area contributed by atoms with Gasteiger partial charge in [-0.2, -0.15) is 9.49 Å². The van der Waals surface area contributed by atoms with Gasteiger partial charge in [-0.15, -0.1) is 0 Å². The first-order valence-corrected chi connectivity index (χ1v) is 7.17. The molecule has 1 aromatic heterocycles. The van der Waals surface area contributed by atoms with Crippen molar-refractivity contribution >= 4 is 22.9 Å². The lowest BCUT2D eigenvalue weighted by atomic mass is 10.1. The number of rotatable bonds is 2. The molecule has 124 valence electrons. The minimum atomic E-state index is -1.29. The van der Waals surface area contributed by atoms with Crippen LogP contribution in [0.15, 0.2) is 47.6 Å². The van der Waals surface area contributed by atoms with Crippen molar-refractivity contribution in [1.82, 2.24) is 10.2 Å². The van der Waals surface area contributed by atoms with Crippen molar-refractivity contribution in [3.63, 3.8) is 0 Å². The number of para-hydroxylation sites is 1. The van der Waals surface area contributed by atoms with Gasteiger partial charge in [0.1, 0.15) is 11.7 Å². The molecule has 2 N–H and O–H groups in total. The summed E-state index contributed by atoms with van der Waals surface area (Å²) in [6, 6.07) is 8.58. The topological polar surface area (TPSA) is 96.2 Å². The predicted molar refractivity (Wildman–Crippen MR) is 86.9 cm³/mol. The largest absolute Gasteiger partial charge is 0.336 e. The van der Waals surface area contributed by atoms with E-state index < -0.39 is 27.8 Å². The Morgan fingerprint density at radius 1 is 1.12 bits per heavy atom. The van der Waals surface area contributed by atoms with E-state index in [1.807, 2.05) is 0 Å². The highest BCUT2D eigenvalue weighted by Gasteiger charge is 2.27. The Labute approximate surface area is 139 Å². The molecule has 0 spiro atoms. The van der Waals surface area contributed by atoms with Gasteiger partial charge in [-0.25, -0.2) is 9.38 Å². The van der Waals surface area contributed by atoms with Crippen molar-refractivity contribution in [2.45, 2.75) is 0 Å². The van der Waals surface area contributed by atoms with E-state index in [0.717, 1.165) is 12.1 Å². The van der Waals surface area contributed by atoms with Gasteiger partial charge >= 0.3 is 5.69 Å². The van der Waals surface area contributed by atoms with Crippen LogP contribution in [0.4, 0.5) is 25.8 Å². The Balaban J connectivity index is 1.98. The predicted octanol–water partition coefficient (Wildman–Crippen LogP) is 3.77. The summed E-state index contributed by atoms with van der Waals surface area (Å²) in [5.41, 5.74) is 0.751. The first kappa shape index (κ1) is 14.9. The van der Waals surface area contributed by atoms with Crippen LogP contribution < -0.4 is 5.32 Å². The molecule has 0 atom stereocenters. The maximum atomic E-state index is 14.6. The normalized spacial score (nSPS) is 12.5. The molecular weight excluding hydrogens is 332 g/mol. The van der Waals surface area contributed by atoms with E-state index in [9.17, 15) is 18.9 Å². The highest BCUT2D eigenvalue weighted by molar-refractivity contribution is 6.13. The van der Waals surface area contributed by atoms with Crippen molar-refractivity contribution in [1.29, 1.82) is 0 Å². The fraction of sp³-hybridized carbons (Fsp3) is 0. The second kappa shape index (κ2) is 5.48. The van der Waals surface area contributed by atoms with E-state index in [1.165, 1.54) is 6.20 Å². The number of nitrogens with zero attached hydrogens (tertiary/aromatic N) is 3. The molecule has 0 unspecified atom stereocenters. The van der Waals surface area contributed by atoms with Crippen LogP contribution in [0.5, 0.6) is 0 Å². The van der Waals surface area contributed by atoms with Gasteiger partial charge in [0.2, 0.25) is 5.82 Å². The monoisotopic (exact) mass is 341 g/mol. The Bertz CT molecular complexity index is 1040. The van der Waals surface area contributed by atoms with Gasteiger partial charge in [0, 0.05) is 11.6 Å². The summed E-state index contributed by atoms with van der Waals surface area (Å²) in [6.07, 6.45) is 1.44. The number of halogens is 2. The third-order valence-corrected chi connectivity index (χ3v) is 3.80. The van der Waals surface area contributed by atoms with E-state index in [0.29, 0.717) is 22.6 Å². The number of hydrogen-bond donors (Lipinski definition) is 2. The van der Waals surface area contributed by atoms with Crippen molar-refractivity contribution in [2.75, 3.05) is 5.32 Å². The summed E-state index contributed by atoms with van der Waals surface area (Å²) in [6.45, 7) is 0. The second-order valence-corrected chi connectivity index (χ2v) is 5.27. The number of nitro groups is 1. The Kier molecular flexibility index (Phi) is 3.27. The summed E-state index contributed by atoms with van der Waals surface area (Å²) >= 11 is 0. The molecule has 3 aromatic rings. The van der Waals surface area contributed by atoms with E-state index in [4.69, 9.17) is 0 Å². The molecule has 9 heteroatoms. The highest BCUT2D eigenvalue weighted by Crippen LogP contribution is 2.37. The fourth-order valence-corrected chi connectivity index (χ4v) is 2.66. The number of aromatic amines is 1. The van der Waals surface area contributed by atoms with E-state index >= 15 is 0 Å². The van der Waals surface area contributed by atoms with Gasteiger partial charge in [0.15, 0.2) is 0 Å². The summed E-state index contributed by atoms with van der Waals surface area (Å²) in [4.78, 5) is 14.3. The maximum Gasteiger partial charge on any atom is 0.305 e. The van der Waals surface area contributed by atoms with Crippen LogP contribution in [0, 0.1) is 21.7 Å². The van der Waals surface area contributed by atoms with Gasteiger partial charge in [-0.1, -0.05) is 18.2 Å². The van der Waals surface area contributed by atoms with Crippen LogP contribution in [-0.2, 0) is 0 Å². The summed E-state index contributed by atoms with van der Waals surface area (Å²) in [5.74, 6) is -2.43. The molecule has 0 amide bonds. The molecule has 2 heterocycles. The highest BCUT2D eigenvalue weighted by atomic mass is 19.1. The minimum Gasteiger partial charge on any atom is -0.336 e. The van der Waals surface area contributed by atoms with Crippen molar-refractivity contribution in [3.05, 3.63) is 69.9 Å². The standard InChI is InChI=1S/C16H9F2N5O2/c17-9-5-6-12(23(24)25)14(18)13(9)16-20-10-4-2-1-3-8(10)15-11(21-16)7-19-22-15/h1-7H,(H,19,22)(H,20,21). The van der Waals surface area contributed by atoms with Crippen LogP contribution in [0.25, 0.3) is 11.3 Å². The third-order valence-electron chi connectivity index (χ3n) is 3.80. The van der Waals surface area contributed by atoms with E-state index in [-0.39, 0.29) is 5.84 Å². The zero-order valence-corrected chi connectivity index (χ0v) is 12.5. The lowest BCUT2D eigenvalue weighted by Crippen LogP contribution is -2.17. The Morgan fingerprint density at radius 2 is 1.92 bits per heavy atom. The molecule has 0 fully saturated rings. The van der Waals surface area contributed by atoms with Crippen molar-refractivity contribution in [3.8, 4) is 11.3 Å². The molecule has 4 rings (SSSR count). The Morgan fingerprint density at radius 3 is 2.72 bits per heavy atom. The molecule has 0 aliphatic carbocycles.